The van der Waals surface area contributed by atoms with Crippen LogP contribution in [0.25, 0.3) is 0 Å². The number of hydrogen-bond acceptors (Lipinski definition) is 3. The molecule has 0 unspecified atom stereocenters. The molecule has 3 aromatic rings. The van der Waals surface area contributed by atoms with Gasteiger partial charge in [-0.2, -0.15) is 5.10 Å². The Bertz CT molecular complexity index is 1080. The van der Waals surface area contributed by atoms with E-state index >= 15 is 0 Å². The number of halogens is 3. The zero-order chi connectivity index (χ0) is 19.3. The van der Waals surface area contributed by atoms with Gasteiger partial charge in [-0.25, -0.2) is 13.8 Å². The molecule has 2 aliphatic rings. The van der Waals surface area contributed by atoms with Crippen molar-refractivity contribution in [1.82, 2.24) is 5.01 Å². The highest BCUT2D eigenvalue weighted by Crippen LogP contribution is 2.48. The number of ether oxygens (including phenoxy) is 1. The van der Waals surface area contributed by atoms with Gasteiger partial charge in [0.25, 0.3) is 0 Å². The number of rotatable bonds is 2. The second kappa shape index (κ2) is 6.60. The lowest BCUT2D eigenvalue weighted by atomic mass is 9.96. The van der Waals surface area contributed by atoms with E-state index in [2.05, 4.69) is 0 Å². The lowest BCUT2D eigenvalue weighted by molar-refractivity contribution is -0.0192. The van der Waals surface area contributed by atoms with Gasteiger partial charge in [-0.3, -0.25) is 0 Å². The van der Waals surface area contributed by atoms with E-state index in [0.29, 0.717) is 22.8 Å². The highest BCUT2D eigenvalue weighted by Gasteiger charge is 2.41. The van der Waals surface area contributed by atoms with Crippen molar-refractivity contribution < 1.29 is 13.5 Å². The molecule has 0 radical (unpaired) electrons. The second-order valence-electron chi connectivity index (χ2n) is 6.86. The lowest BCUT2D eigenvalue weighted by Crippen LogP contribution is -2.33. The van der Waals surface area contributed by atoms with Gasteiger partial charge in [0.05, 0.1) is 11.8 Å². The van der Waals surface area contributed by atoms with E-state index in [1.807, 2.05) is 23.2 Å². The third-order valence-corrected chi connectivity index (χ3v) is 5.30. The van der Waals surface area contributed by atoms with Crippen LogP contribution in [0.2, 0.25) is 5.02 Å². The highest BCUT2D eigenvalue weighted by atomic mass is 35.5. The quantitative estimate of drug-likeness (QED) is 0.542. The van der Waals surface area contributed by atoms with E-state index < -0.39 is 6.23 Å². The minimum atomic E-state index is -0.563. The van der Waals surface area contributed by atoms with Crippen LogP contribution in [0.3, 0.4) is 0 Å². The molecule has 28 heavy (non-hydrogen) atoms. The van der Waals surface area contributed by atoms with E-state index in [0.717, 1.165) is 16.8 Å². The number of nitrogens with zero attached hydrogens (tertiary/aromatic N) is 2. The Kier molecular flexibility index (Phi) is 4.05. The van der Waals surface area contributed by atoms with Crippen LogP contribution in [-0.2, 0) is 0 Å². The van der Waals surface area contributed by atoms with Crippen molar-refractivity contribution in [3.05, 3.63) is 100 Å². The van der Waals surface area contributed by atoms with Crippen molar-refractivity contribution in [2.24, 2.45) is 5.10 Å². The number of fused-ring (bicyclic) bond motifs is 3. The maximum Gasteiger partial charge on any atom is 0.213 e. The molecule has 3 nitrogen and oxygen atoms in total. The average Bonchev–Trinajstić information content (AvgIpc) is 3.14. The van der Waals surface area contributed by atoms with Crippen LogP contribution < -0.4 is 4.74 Å². The zero-order valence-electron chi connectivity index (χ0n) is 14.6. The van der Waals surface area contributed by atoms with Crippen molar-refractivity contribution in [3.8, 4) is 5.75 Å². The summed E-state index contributed by atoms with van der Waals surface area (Å²) in [7, 11) is 0. The first-order valence-electron chi connectivity index (χ1n) is 8.92. The van der Waals surface area contributed by atoms with Gasteiger partial charge >= 0.3 is 0 Å². The van der Waals surface area contributed by atoms with E-state index in [4.69, 9.17) is 21.4 Å². The smallest absolute Gasteiger partial charge is 0.213 e. The summed E-state index contributed by atoms with van der Waals surface area (Å²) in [6.45, 7) is 0. The number of hydrazone groups is 1. The Balaban J connectivity index is 1.61. The van der Waals surface area contributed by atoms with Crippen LogP contribution >= 0.6 is 11.6 Å². The topological polar surface area (TPSA) is 24.8 Å². The van der Waals surface area contributed by atoms with E-state index in [1.165, 1.54) is 24.3 Å². The van der Waals surface area contributed by atoms with Gasteiger partial charge in [0.2, 0.25) is 6.23 Å². The van der Waals surface area contributed by atoms with E-state index in [-0.39, 0.29) is 17.7 Å². The number of benzene rings is 3. The molecule has 0 saturated heterocycles. The van der Waals surface area contributed by atoms with Gasteiger partial charge in [0.15, 0.2) is 0 Å². The Morgan fingerprint density at radius 1 is 0.964 bits per heavy atom. The van der Waals surface area contributed by atoms with Gasteiger partial charge in [-0.05, 0) is 48.0 Å². The minimum absolute atomic E-state index is 0.101. The maximum atomic E-state index is 13.8. The fourth-order valence-electron chi connectivity index (χ4n) is 3.76. The van der Waals surface area contributed by atoms with Gasteiger partial charge in [0.1, 0.15) is 17.4 Å². The van der Waals surface area contributed by atoms with Crippen molar-refractivity contribution in [2.75, 3.05) is 0 Å². The molecular formula is C22H15ClF2N2O. The van der Waals surface area contributed by atoms with Crippen LogP contribution in [0, 0.1) is 11.6 Å². The summed E-state index contributed by atoms with van der Waals surface area (Å²) in [6.07, 6.45) is 0.0565. The Morgan fingerprint density at radius 3 is 2.57 bits per heavy atom. The van der Waals surface area contributed by atoms with E-state index in [1.54, 1.807) is 24.3 Å². The van der Waals surface area contributed by atoms with Gasteiger partial charge in [0, 0.05) is 22.6 Å². The summed E-state index contributed by atoms with van der Waals surface area (Å²) in [5.74, 6) is 0.0788. The molecule has 2 heterocycles. The van der Waals surface area contributed by atoms with Crippen LogP contribution in [0.4, 0.5) is 8.78 Å². The summed E-state index contributed by atoms with van der Waals surface area (Å²) in [5, 5.41) is 7.22. The molecule has 0 spiro atoms. The fraction of sp³-hybridized carbons (Fsp3) is 0.136. The van der Waals surface area contributed by atoms with Crippen LogP contribution in [0.5, 0.6) is 5.75 Å². The summed E-state index contributed by atoms with van der Waals surface area (Å²) in [6, 6.07) is 18.0. The Hall–Kier alpha value is -2.92. The molecule has 6 heteroatoms. The molecule has 0 N–H and O–H groups in total. The maximum absolute atomic E-state index is 13.8. The predicted molar refractivity (Wildman–Crippen MR) is 103 cm³/mol. The van der Waals surface area contributed by atoms with Gasteiger partial charge < -0.3 is 4.74 Å². The van der Waals surface area contributed by atoms with Crippen molar-refractivity contribution in [3.63, 3.8) is 0 Å². The second-order valence-corrected chi connectivity index (χ2v) is 7.30. The van der Waals surface area contributed by atoms with Crippen molar-refractivity contribution >= 4 is 17.3 Å². The van der Waals surface area contributed by atoms with Crippen LogP contribution in [-0.4, -0.2) is 10.7 Å². The van der Waals surface area contributed by atoms with Crippen molar-refractivity contribution in [2.45, 2.75) is 18.7 Å². The van der Waals surface area contributed by atoms with Gasteiger partial charge in [-0.1, -0.05) is 35.9 Å². The minimum Gasteiger partial charge on any atom is -0.464 e. The molecule has 5 rings (SSSR count). The molecule has 0 amide bonds. The molecule has 2 aliphatic heterocycles. The monoisotopic (exact) mass is 396 g/mol. The molecular weight excluding hydrogens is 382 g/mol. The molecule has 0 aromatic heterocycles. The summed E-state index contributed by atoms with van der Waals surface area (Å²) < 4.78 is 33.3. The van der Waals surface area contributed by atoms with E-state index in [9.17, 15) is 8.78 Å². The largest absolute Gasteiger partial charge is 0.464 e. The molecule has 140 valence electrons. The highest BCUT2D eigenvalue weighted by molar-refractivity contribution is 6.30. The summed E-state index contributed by atoms with van der Waals surface area (Å²) in [4.78, 5) is 0. The first-order valence-corrected chi connectivity index (χ1v) is 9.29. The normalized spacial score (nSPS) is 20.2. The first-order chi connectivity index (χ1) is 13.6. The van der Waals surface area contributed by atoms with Crippen LogP contribution in [0.15, 0.2) is 71.8 Å². The van der Waals surface area contributed by atoms with Crippen LogP contribution in [0.1, 0.15) is 35.4 Å². The fourth-order valence-corrected chi connectivity index (χ4v) is 3.94. The Labute approximate surface area is 165 Å². The lowest BCUT2D eigenvalue weighted by Gasteiger charge is -2.38. The SMILES string of the molecule is Fc1ccc(C2=NN3[C@H](C2)c2cc(Cl)ccc2O[C@H]3c2cccc(F)c2)cc1. The predicted octanol–water partition coefficient (Wildman–Crippen LogP) is 5.86. The molecule has 0 aliphatic carbocycles. The molecule has 0 saturated carbocycles. The molecule has 3 aromatic carbocycles. The molecule has 2 atom stereocenters. The third kappa shape index (κ3) is 2.92. The molecule has 0 fully saturated rings. The Morgan fingerprint density at radius 2 is 1.79 bits per heavy atom. The molecule has 0 bridgehead atoms. The standard InChI is InChI=1S/C22H15ClF2N2O/c23-15-6-9-21-18(11-15)20-12-19(13-4-7-16(24)8-5-13)26-27(20)22(28-21)14-2-1-3-17(25)10-14/h1-11,20,22H,12H2/t20-,22+/m1/s1. The van der Waals surface area contributed by atoms with Gasteiger partial charge in [-0.15, -0.1) is 0 Å². The zero-order valence-corrected chi connectivity index (χ0v) is 15.4. The first kappa shape index (κ1) is 17.2. The third-order valence-electron chi connectivity index (χ3n) is 5.06. The number of hydrogen-bond donors (Lipinski definition) is 0. The van der Waals surface area contributed by atoms with Crippen molar-refractivity contribution in [1.29, 1.82) is 0 Å². The average molecular weight is 397 g/mol. The summed E-state index contributed by atoms with van der Waals surface area (Å²) in [5.41, 5.74) is 3.27. The summed E-state index contributed by atoms with van der Waals surface area (Å²) >= 11 is 6.21.